The number of carbonyl (C=O) groups excluding carboxylic acids is 2. The highest BCUT2D eigenvalue weighted by Gasteiger charge is 2.38. The van der Waals surface area contributed by atoms with Crippen molar-refractivity contribution in [2.45, 2.75) is 56.7 Å². The number of amides is 2. The fraction of sp³-hybridized carbons (Fsp3) is 0.529. The molecule has 332 valence electrons. The van der Waals surface area contributed by atoms with Crippen LogP contribution in [0.5, 0.6) is 5.75 Å². The number of phosphoric ester groups is 1. The van der Waals surface area contributed by atoms with E-state index in [0.717, 1.165) is 19.5 Å². The molecule has 4 unspecified atom stereocenters. The van der Waals surface area contributed by atoms with Crippen LogP contribution in [0.15, 0.2) is 41.9 Å². The quantitative estimate of drug-likeness (QED) is 0.0170. The van der Waals surface area contributed by atoms with Crippen LogP contribution >= 0.6 is 24.0 Å². The third-order valence-electron chi connectivity index (χ3n) is 8.87. The highest BCUT2D eigenvalue weighted by molar-refractivity contribution is 7.66. The van der Waals surface area contributed by atoms with Crippen molar-refractivity contribution in [3.8, 4) is 17.6 Å². The van der Waals surface area contributed by atoms with Gasteiger partial charge in [0.2, 0.25) is 5.91 Å². The third-order valence-corrected chi connectivity index (χ3v) is 12.8. The summed E-state index contributed by atoms with van der Waals surface area (Å²) in [5.41, 5.74) is 16.4. The number of aromatic nitrogens is 3. The van der Waals surface area contributed by atoms with E-state index in [4.69, 9.17) is 39.6 Å². The summed E-state index contributed by atoms with van der Waals surface area (Å²) in [5.74, 6) is 5.62. The SMILES string of the molecule is CP(O)OP(=O)(O)OP(=O)(O)OC[C@@H]1CC[C@H](n2cc(C#CCNC(=O)COCCOC(COc3cccc(C(=O)NCCNC4CCC4)c3)N=[N+]=[N-])c3c(N)ncnc32)O1. The highest BCUT2D eigenvalue weighted by Crippen LogP contribution is 2.64. The van der Waals surface area contributed by atoms with E-state index in [1.165, 1.54) is 12.7 Å². The first-order chi connectivity index (χ1) is 29.2. The van der Waals surface area contributed by atoms with Gasteiger partial charge in [-0.3, -0.25) is 14.1 Å². The highest BCUT2D eigenvalue weighted by atomic mass is 31.3. The molecule has 1 aliphatic heterocycles. The maximum atomic E-state index is 12.6. The molecule has 1 saturated heterocycles. The topological polar surface area (TPSA) is 335 Å². The monoisotopic (exact) mass is 912 g/mol. The second-order valence-electron chi connectivity index (χ2n) is 13.4. The Balaban J connectivity index is 1.02. The van der Waals surface area contributed by atoms with Gasteiger partial charge in [0, 0.05) is 42.5 Å². The summed E-state index contributed by atoms with van der Waals surface area (Å²) in [5, 5.41) is 12.9. The lowest BCUT2D eigenvalue weighted by Gasteiger charge is -2.26. The number of phosphoric acid groups is 2. The molecule has 0 spiro atoms. The normalized spacial score (nSPS) is 19.3. The summed E-state index contributed by atoms with van der Waals surface area (Å²) in [6.07, 6.45) is 4.87. The van der Waals surface area contributed by atoms with Crippen LogP contribution in [0.3, 0.4) is 0 Å². The molecule has 0 radical (unpaired) electrons. The van der Waals surface area contributed by atoms with Crippen molar-refractivity contribution in [1.29, 1.82) is 0 Å². The number of hydrogen-bond acceptors (Lipinski definition) is 17. The van der Waals surface area contributed by atoms with Gasteiger partial charge in [0.15, 0.2) is 14.6 Å². The molecule has 8 N–H and O–H groups in total. The first-order valence-corrected chi connectivity index (χ1v) is 23.5. The van der Waals surface area contributed by atoms with E-state index in [-0.39, 0.29) is 44.7 Å². The minimum absolute atomic E-state index is 0.00580. The average Bonchev–Trinajstić information content (AvgIpc) is 3.81. The molecular formula is C34H47N10O14P3. The number of hydrogen-bond donors (Lipinski definition) is 7. The van der Waals surface area contributed by atoms with Gasteiger partial charge >= 0.3 is 15.6 Å². The molecular weight excluding hydrogens is 865 g/mol. The van der Waals surface area contributed by atoms with Crippen molar-refractivity contribution in [2.75, 3.05) is 65.1 Å². The van der Waals surface area contributed by atoms with Gasteiger partial charge in [0.05, 0.1) is 43.4 Å². The van der Waals surface area contributed by atoms with E-state index in [9.17, 15) is 28.5 Å². The van der Waals surface area contributed by atoms with Crippen LogP contribution in [0.4, 0.5) is 5.82 Å². The van der Waals surface area contributed by atoms with Crippen molar-refractivity contribution < 1.29 is 65.5 Å². The fourth-order valence-corrected chi connectivity index (χ4v) is 9.08. The molecule has 2 fully saturated rings. The van der Waals surface area contributed by atoms with E-state index in [0.29, 0.717) is 59.9 Å². The van der Waals surface area contributed by atoms with Crippen LogP contribution < -0.4 is 26.4 Å². The Morgan fingerprint density at radius 3 is 2.74 bits per heavy atom. The van der Waals surface area contributed by atoms with Crippen LogP contribution in [0.2, 0.25) is 0 Å². The zero-order valence-corrected chi connectivity index (χ0v) is 35.6. The largest absolute Gasteiger partial charge is 0.491 e. The minimum Gasteiger partial charge on any atom is -0.491 e. The summed E-state index contributed by atoms with van der Waals surface area (Å²) in [4.78, 5) is 64.7. The van der Waals surface area contributed by atoms with E-state index in [1.807, 2.05) is 0 Å². The number of nitrogen functional groups attached to an aromatic ring is 1. The molecule has 3 heterocycles. The van der Waals surface area contributed by atoms with Gasteiger partial charge in [-0.2, -0.15) is 4.31 Å². The molecule has 3 aromatic rings. The van der Waals surface area contributed by atoms with E-state index in [1.54, 1.807) is 35.0 Å². The Bertz CT molecular complexity index is 2180. The fourth-order valence-electron chi connectivity index (χ4n) is 5.91. The summed E-state index contributed by atoms with van der Waals surface area (Å²) < 4.78 is 61.6. The van der Waals surface area contributed by atoms with E-state index in [2.05, 4.69) is 56.4 Å². The predicted octanol–water partition coefficient (Wildman–Crippen LogP) is 2.96. The number of azide groups is 1. The molecule has 6 atom stereocenters. The lowest BCUT2D eigenvalue weighted by atomic mass is 9.93. The molecule has 5 rings (SSSR count). The van der Waals surface area contributed by atoms with Crippen molar-refractivity contribution in [1.82, 2.24) is 30.5 Å². The first kappa shape index (κ1) is 47.8. The first-order valence-electron chi connectivity index (χ1n) is 18.9. The molecule has 61 heavy (non-hydrogen) atoms. The minimum atomic E-state index is -5.07. The Morgan fingerprint density at radius 1 is 1.16 bits per heavy atom. The van der Waals surface area contributed by atoms with Crippen LogP contribution in [-0.4, -0.2) is 119 Å². The predicted molar refractivity (Wildman–Crippen MR) is 217 cm³/mol. The van der Waals surface area contributed by atoms with Crippen molar-refractivity contribution in [2.24, 2.45) is 5.11 Å². The summed E-state index contributed by atoms with van der Waals surface area (Å²) >= 11 is 0. The number of anilines is 1. The zero-order chi connectivity index (χ0) is 43.8. The third kappa shape index (κ3) is 15.6. The summed E-state index contributed by atoms with van der Waals surface area (Å²) in [6, 6.07) is 7.13. The van der Waals surface area contributed by atoms with Gasteiger partial charge in [0.1, 0.15) is 43.0 Å². The van der Waals surface area contributed by atoms with E-state index >= 15 is 0 Å². The zero-order valence-electron chi connectivity index (χ0n) is 32.9. The van der Waals surface area contributed by atoms with Gasteiger partial charge in [-0.05, 0) is 49.4 Å². The lowest BCUT2D eigenvalue weighted by Crippen LogP contribution is -2.40. The van der Waals surface area contributed by atoms with Crippen LogP contribution in [0, 0.1) is 11.8 Å². The number of fused-ring (bicyclic) bond motifs is 1. The smallest absolute Gasteiger partial charge is 0.486 e. The molecule has 2 amide bonds. The van der Waals surface area contributed by atoms with Crippen molar-refractivity contribution >= 4 is 52.7 Å². The number of nitrogens with one attached hydrogen (secondary N) is 3. The maximum Gasteiger partial charge on any atom is 0.486 e. The Morgan fingerprint density at radius 2 is 1.98 bits per heavy atom. The number of ether oxygens (including phenoxy) is 4. The van der Waals surface area contributed by atoms with Crippen LogP contribution in [0.25, 0.3) is 21.5 Å². The summed E-state index contributed by atoms with van der Waals surface area (Å²) in [6.45, 7) is 1.26. The Hall–Kier alpha value is -4.26. The molecule has 1 saturated carbocycles. The standard InChI is InChI=1S/C34H47N10O14P3/c1-59(47)57-61(50,51)58-60(48,49)55-19-27-10-11-30(56-27)44-18-24(31-32(35)40-22-41-33(31)44)6-4-12-38-28(45)20-52-15-16-53-29(42-43-36)21-54-26-9-2-5-23(17-26)34(46)39-14-13-37-25-7-3-8-25/h2,5,9,17-18,22,25,27,29-30,37,47H,3,7-8,10-16,19-21H2,1H3,(H,38,45)(H,39,46)(H,48,49)(H,50,51)(H2,35,40,41)/t27-,29?,30+,59?/m0/s1. The van der Waals surface area contributed by atoms with Gasteiger partial charge in [-0.15, -0.1) is 0 Å². The van der Waals surface area contributed by atoms with Crippen molar-refractivity contribution in [3.63, 3.8) is 0 Å². The van der Waals surface area contributed by atoms with Gasteiger partial charge in [-0.25, -0.2) is 23.4 Å². The number of carbonyl (C=O) groups is 2. The second-order valence-corrected chi connectivity index (χ2v) is 17.8. The number of benzene rings is 1. The van der Waals surface area contributed by atoms with E-state index < -0.39 is 55.1 Å². The lowest BCUT2D eigenvalue weighted by molar-refractivity contribution is -0.126. The van der Waals surface area contributed by atoms with Crippen LogP contribution in [0.1, 0.15) is 54.3 Å². The Kier molecular flexibility index (Phi) is 18.2. The van der Waals surface area contributed by atoms with Gasteiger partial charge < -0.3 is 59.9 Å². The molecule has 1 aromatic carbocycles. The molecule has 2 aliphatic rings. The maximum absolute atomic E-state index is 12.6. The molecule has 2 aromatic heterocycles. The van der Waals surface area contributed by atoms with Crippen molar-refractivity contribution in [3.05, 3.63) is 58.4 Å². The van der Waals surface area contributed by atoms with Gasteiger partial charge in [0.25, 0.3) is 5.91 Å². The number of nitrogens with two attached hydrogens (primary N) is 1. The molecule has 1 aliphatic carbocycles. The molecule has 0 bridgehead atoms. The molecule has 27 heteroatoms. The van der Waals surface area contributed by atoms with Crippen LogP contribution in [-0.2, 0) is 41.3 Å². The Labute approximate surface area is 350 Å². The molecule has 24 nitrogen and oxygen atoms in total. The summed E-state index contributed by atoms with van der Waals surface area (Å²) in [7, 11) is -12.5. The van der Waals surface area contributed by atoms with Gasteiger partial charge in [-0.1, -0.05) is 29.4 Å². The second kappa shape index (κ2) is 23.3. The number of nitrogens with zero attached hydrogens (tertiary/aromatic N) is 6. The number of rotatable bonds is 24. The average molecular weight is 913 g/mol.